The highest BCUT2D eigenvalue weighted by atomic mass is 19.1. The molecule has 10 nitrogen and oxygen atoms in total. The van der Waals surface area contributed by atoms with E-state index in [4.69, 9.17) is 19.3 Å². The van der Waals surface area contributed by atoms with Gasteiger partial charge in [0.05, 0.1) is 41.5 Å². The van der Waals surface area contributed by atoms with Crippen molar-refractivity contribution in [2.45, 2.75) is 45.9 Å². The van der Waals surface area contributed by atoms with E-state index in [0.717, 1.165) is 12.1 Å². The van der Waals surface area contributed by atoms with Crippen molar-refractivity contribution in [3.63, 3.8) is 0 Å². The Labute approximate surface area is 234 Å². The van der Waals surface area contributed by atoms with E-state index in [0.29, 0.717) is 29.9 Å². The highest BCUT2D eigenvalue weighted by Gasteiger charge is 2.33. The standard InChI is InChI=1S/C29H31F2N5O5/c1-16-22-14-21(34-36(22)9-8-35(16)28(38)41-29(2,3)4)26-24(18-6-7-32-15-19(18)27(37)33-26)25-20(31)12-17(30)13-23(25)40-11-10-39-5/h6-7,12-16H,8-11H2,1-5H3,(H,33,37)/t16-/m1/s1. The summed E-state index contributed by atoms with van der Waals surface area (Å²) < 4.78 is 48.1. The second kappa shape index (κ2) is 10.9. The van der Waals surface area contributed by atoms with Crippen molar-refractivity contribution < 1.29 is 27.8 Å². The number of amides is 1. The van der Waals surface area contributed by atoms with Crippen LogP contribution in [-0.2, 0) is 16.0 Å². The number of ether oxygens (including phenoxy) is 3. The summed E-state index contributed by atoms with van der Waals surface area (Å²) in [7, 11) is 1.49. The number of pyridine rings is 2. The van der Waals surface area contributed by atoms with Crippen LogP contribution in [0.5, 0.6) is 5.75 Å². The summed E-state index contributed by atoms with van der Waals surface area (Å²) in [5, 5.41) is 5.32. The van der Waals surface area contributed by atoms with Crippen molar-refractivity contribution in [2.75, 3.05) is 26.9 Å². The lowest BCUT2D eigenvalue weighted by molar-refractivity contribution is 0.0120. The van der Waals surface area contributed by atoms with Gasteiger partial charge in [-0.15, -0.1) is 0 Å². The Morgan fingerprint density at radius 3 is 2.63 bits per heavy atom. The average Bonchev–Trinajstić information content (AvgIpc) is 3.34. The Morgan fingerprint density at radius 2 is 1.90 bits per heavy atom. The molecule has 4 aromatic rings. The lowest BCUT2D eigenvalue weighted by Crippen LogP contribution is -2.43. The molecule has 1 atom stereocenters. The molecule has 0 spiro atoms. The summed E-state index contributed by atoms with van der Waals surface area (Å²) in [6, 6.07) is 4.80. The molecule has 3 aromatic heterocycles. The molecular formula is C29H31F2N5O5. The van der Waals surface area contributed by atoms with Gasteiger partial charge in [0.1, 0.15) is 35.3 Å². The van der Waals surface area contributed by atoms with E-state index in [-0.39, 0.29) is 41.2 Å². The zero-order valence-corrected chi connectivity index (χ0v) is 23.5. The maximum Gasteiger partial charge on any atom is 0.410 e. The predicted molar refractivity (Wildman–Crippen MR) is 148 cm³/mol. The Morgan fingerprint density at radius 1 is 1.12 bits per heavy atom. The number of H-pyrrole nitrogens is 1. The van der Waals surface area contributed by atoms with Gasteiger partial charge in [0.15, 0.2) is 0 Å². The molecular weight excluding hydrogens is 536 g/mol. The van der Waals surface area contributed by atoms with Crippen LogP contribution in [-0.4, -0.2) is 63.2 Å². The lowest BCUT2D eigenvalue weighted by Gasteiger charge is -2.35. The molecule has 1 aliphatic heterocycles. The van der Waals surface area contributed by atoms with E-state index in [9.17, 15) is 14.0 Å². The molecule has 0 aliphatic carbocycles. The molecule has 0 saturated heterocycles. The maximum atomic E-state index is 15.7. The Balaban J connectivity index is 1.69. The second-order valence-electron chi connectivity index (χ2n) is 10.8. The third-order valence-electron chi connectivity index (χ3n) is 6.78. The largest absolute Gasteiger partial charge is 0.490 e. The molecule has 0 unspecified atom stereocenters. The molecule has 41 heavy (non-hydrogen) atoms. The Bertz CT molecular complexity index is 1680. The van der Waals surface area contributed by atoms with Crippen LogP contribution in [0.25, 0.3) is 33.3 Å². The van der Waals surface area contributed by atoms with Crippen LogP contribution >= 0.6 is 0 Å². The van der Waals surface area contributed by atoms with Crippen LogP contribution < -0.4 is 10.3 Å². The number of aromatic amines is 1. The molecule has 5 rings (SSSR count). The maximum absolute atomic E-state index is 15.7. The third kappa shape index (κ3) is 5.51. The van der Waals surface area contributed by atoms with Gasteiger partial charge in [0.2, 0.25) is 0 Å². The summed E-state index contributed by atoms with van der Waals surface area (Å²) in [5.74, 6) is -1.75. The number of methoxy groups -OCH3 is 1. The SMILES string of the molecule is COCCOc1cc(F)cc(F)c1-c1c(-c2cc3n(n2)CCN(C(=O)OC(C)(C)C)[C@@H]3C)[nH]c(=O)c2cnccc12. The summed E-state index contributed by atoms with van der Waals surface area (Å²) in [4.78, 5) is 34.6. The number of aromatic nitrogens is 4. The smallest absolute Gasteiger partial charge is 0.410 e. The van der Waals surface area contributed by atoms with Gasteiger partial charge in [-0.1, -0.05) is 0 Å². The van der Waals surface area contributed by atoms with Crippen LogP contribution in [0.3, 0.4) is 0 Å². The second-order valence-corrected chi connectivity index (χ2v) is 10.8. The van der Waals surface area contributed by atoms with Crippen LogP contribution in [0, 0.1) is 11.6 Å². The molecule has 216 valence electrons. The van der Waals surface area contributed by atoms with Crippen molar-refractivity contribution in [3.8, 4) is 28.3 Å². The van der Waals surface area contributed by atoms with Crippen molar-refractivity contribution >= 4 is 16.9 Å². The summed E-state index contributed by atoms with van der Waals surface area (Å²) in [5.41, 5.74) is 0.374. The lowest BCUT2D eigenvalue weighted by atomic mass is 9.95. The third-order valence-corrected chi connectivity index (χ3v) is 6.78. The predicted octanol–water partition coefficient (Wildman–Crippen LogP) is 5.07. The van der Waals surface area contributed by atoms with Gasteiger partial charge in [0.25, 0.3) is 5.56 Å². The minimum Gasteiger partial charge on any atom is -0.490 e. The molecule has 0 saturated carbocycles. The first-order valence-electron chi connectivity index (χ1n) is 13.2. The number of halogens is 2. The first-order valence-corrected chi connectivity index (χ1v) is 13.2. The highest BCUT2D eigenvalue weighted by Crippen LogP contribution is 2.42. The first kappa shape index (κ1) is 28.2. The van der Waals surface area contributed by atoms with Gasteiger partial charge in [-0.05, 0) is 39.8 Å². The molecule has 0 bridgehead atoms. The molecule has 0 radical (unpaired) electrons. The van der Waals surface area contributed by atoms with Crippen LogP contribution in [0.2, 0.25) is 0 Å². The number of carbonyl (C=O) groups excluding carboxylic acids is 1. The van der Waals surface area contributed by atoms with Crippen LogP contribution in [0.4, 0.5) is 13.6 Å². The fourth-order valence-electron chi connectivity index (χ4n) is 4.96. The molecule has 1 aromatic carbocycles. The topological polar surface area (TPSA) is 112 Å². The van der Waals surface area contributed by atoms with E-state index in [1.807, 2.05) is 6.92 Å². The summed E-state index contributed by atoms with van der Waals surface area (Å²) >= 11 is 0. The highest BCUT2D eigenvalue weighted by molar-refractivity contribution is 6.03. The molecule has 1 amide bonds. The van der Waals surface area contributed by atoms with Crippen molar-refractivity contribution in [2.24, 2.45) is 0 Å². The molecule has 0 fully saturated rings. The van der Waals surface area contributed by atoms with Gasteiger partial charge in [-0.25, -0.2) is 13.6 Å². The monoisotopic (exact) mass is 567 g/mol. The van der Waals surface area contributed by atoms with Gasteiger partial charge in [-0.2, -0.15) is 5.10 Å². The normalized spacial score (nSPS) is 15.2. The van der Waals surface area contributed by atoms with Crippen LogP contribution in [0.15, 0.2) is 41.5 Å². The number of hydrogen-bond donors (Lipinski definition) is 1. The van der Waals surface area contributed by atoms with E-state index in [2.05, 4.69) is 9.97 Å². The minimum absolute atomic E-state index is 0.0423. The first-order chi connectivity index (χ1) is 19.5. The van der Waals surface area contributed by atoms with Gasteiger partial charge >= 0.3 is 6.09 Å². The van der Waals surface area contributed by atoms with Crippen molar-refractivity contribution in [3.05, 3.63) is 64.3 Å². The van der Waals surface area contributed by atoms with Gasteiger partial charge in [0, 0.05) is 49.1 Å². The molecule has 12 heteroatoms. The number of nitrogens with one attached hydrogen (secondary N) is 1. The quantitative estimate of drug-likeness (QED) is 0.324. The zero-order chi connectivity index (χ0) is 29.5. The van der Waals surface area contributed by atoms with E-state index >= 15 is 4.39 Å². The fourth-order valence-corrected chi connectivity index (χ4v) is 4.96. The fraction of sp³-hybridized carbons (Fsp3) is 0.379. The number of carbonyl (C=O) groups is 1. The number of fused-ring (bicyclic) bond motifs is 2. The summed E-state index contributed by atoms with van der Waals surface area (Å²) in [6.07, 6.45) is 2.42. The molecule has 1 N–H and O–H groups in total. The van der Waals surface area contributed by atoms with Crippen molar-refractivity contribution in [1.82, 2.24) is 24.6 Å². The van der Waals surface area contributed by atoms with Crippen molar-refractivity contribution in [1.29, 1.82) is 0 Å². The Hall–Kier alpha value is -4.32. The average molecular weight is 568 g/mol. The number of benzene rings is 1. The number of nitrogens with zero attached hydrogens (tertiary/aromatic N) is 4. The van der Waals surface area contributed by atoms with Gasteiger partial charge in [-0.3, -0.25) is 19.4 Å². The van der Waals surface area contributed by atoms with Crippen LogP contribution in [0.1, 0.15) is 39.4 Å². The summed E-state index contributed by atoms with van der Waals surface area (Å²) in [6.45, 7) is 8.25. The molecule has 1 aliphatic rings. The minimum atomic E-state index is -0.878. The Kier molecular flexibility index (Phi) is 7.52. The van der Waals surface area contributed by atoms with Gasteiger partial charge < -0.3 is 19.2 Å². The van der Waals surface area contributed by atoms with E-state index in [1.54, 1.807) is 42.5 Å². The molecule has 4 heterocycles. The zero-order valence-electron chi connectivity index (χ0n) is 23.5. The van der Waals surface area contributed by atoms with E-state index in [1.165, 1.54) is 19.5 Å². The van der Waals surface area contributed by atoms with E-state index < -0.39 is 34.9 Å². The number of rotatable bonds is 6. The number of hydrogen-bond acceptors (Lipinski definition) is 7.